The van der Waals surface area contributed by atoms with Crippen LogP contribution in [0.2, 0.25) is 0 Å². The Morgan fingerprint density at radius 1 is 1.24 bits per heavy atom. The van der Waals surface area contributed by atoms with Gasteiger partial charge < -0.3 is 9.47 Å². The summed E-state index contributed by atoms with van der Waals surface area (Å²) in [6.07, 6.45) is -0.652. The lowest BCUT2D eigenvalue weighted by Gasteiger charge is -2.18. The van der Waals surface area contributed by atoms with E-state index in [-0.39, 0.29) is 12.1 Å². The minimum Gasteiger partial charge on any atom is -0.464 e. The molecule has 0 aliphatic carbocycles. The Morgan fingerprint density at radius 2 is 1.82 bits per heavy atom. The fraction of sp³-hybridized carbons (Fsp3) is 0.500. The number of carbonyl (C=O) groups excluding carboxylic acids is 1. The number of esters is 1. The first-order valence-corrected chi connectivity index (χ1v) is 5.93. The van der Waals surface area contributed by atoms with Gasteiger partial charge in [0.25, 0.3) is 0 Å². The molecule has 0 saturated heterocycles. The van der Waals surface area contributed by atoms with Crippen molar-refractivity contribution in [3.05, 3.63) is 35.4 Å². The highest BCUT2D eigenvalue weighted by Crippen LogP contribution is 2.19. The maximum atomic E-state index is 11.4. The maximum Gasteiger partial charge on any atom is 0.334 e. The number of rotatable bonds is 5. The molecule has 94 valence electrons. The Labute approximate surface area is 103 Å². The molecule has 0 bridgehead atoms. The number of hydrogen-bond acceptors (Lipinski definition) is 3. The SMILES string of the molecule is CCOC(=O)[C@@H](C)O[C@H](C)c1ccc(C)cc1. The number of benzene rings is 1. The molecule has 17 heavy (non-hydrogen) atoms. The molecule has 3 nitrogen and oxygen atoms in total. The van der Waals surface area contributed by atoms with Gasteiger partial charge >= 0.3 is 5.97 Å². The predicted octanol–water partition coefficient (Wildman–Crippen LogP) is 3.02. The number of hydrogen-bond donors (Lipinski definition) is 0. The van der Waals surface area contributed by atoms with Gasteiger partial charge in [-0.25, -0.2) is 4.79 Å². The molecule has 0 saturated carbocycles. The van der Waals surface area contributed by atoms with Crippen LogP contribution in [0.15, 0.2) is 24.3 Å². The average Bonchev–Trinajstić information content (AvgIpc) is 2.30. The minimum atomic E-state index is -0.536. The highest BCUT2D eigenvalue weighted by Gasteiger charge is 2.18. The third-order valence-corrected chi connectivity index (χ3v) is 2.57. The average molecular weight is 236 g/mol. The van der Waals surface area contributed by atoms with Crippen LogP contribution < -0.4 is 0 Å². The largest absolute Gasteiger partial charge is 0.464 e. The van der Waals surface area contributed by atoms with Crippen LogP contribution in [0.3, 0.4) is 0 Å². The quantitative estimate of drug-likeness (QED) is 0.737. The van der Waals surface area contributed by atoms with Gasteiger partial charge in [0.2, 0.25) is 0 Å². The van der Waals surface area contributed by atoms with E-state index in [2.05, 4.69) is 0 Å². The monoisotopic (exact) mass is 236 g/mol. The highest BCUT2D eigenvalue weighted by molar-refractivity contribution is 5.74. The summed E-state index contributed by atoms with van der Waals surface area (Å²) in [6.45, 7) is 7.85. The van der Waals surface area contributed by atoms with Gasteiger partial charge in [-0.2, -0.15) is 0 Å². The van der Waals surface area contributed by atoms with Crippen molar-refractivity contribution < 1.29 is 14.3 Å². The normalized spacial score (nSPS) is 14.1. The summed E-state index contributed by atoms with van der Waals surface area (Å²) in [5.74, 6) is -0.313. The molecule has 0 heterocycles. The van der Waals surface area contributed by atoms with E-state index < -0.39 is 6.10 Å². The molecule has 0 aromatic heterocycles. The Morgan fingerprint density at radius 3 is 2.35 bits per heavy atom. The number of aryl methyl sites for hydroxylation is 1. The first-order chi connectivity index (χ1) is 8.04. The molecule has 0 spiro atoms. The first-order valence-electron chi connectivity index (χ1n) is 5.93. The molecular formula is C14H20O3. The Bertz CT molecular complexity index is 356. The van der Waals surface area contributed by atoms with Crippen molar-refractivity contribution in [3.63, 3.8) is 0 Å². The van der Waals surface area contributed by atoms with Gasteiger partial charge in [-0.3, -0.25) is 0 Å². The zero-order valence-corrected chi connectivity index (χ0v) is 10.9. The van der Waals surface area contributed by atoms with Crippen LogP contribution >= 0.6 is 0 Å². The standard InChI is InChI=1S/C14H20O3/c1-5-16-14(15)12(4)17-11(3)13-8-6-10(2)7-9-13/h6-9,11-12H,5H2,1-4H3/t11-,12-/m1/s1. The summed E-state index contributed by atoms with van der Waals surface area (Å²) in [4.78, 5) is 11.4. The van der Waals surface area contributed by atoms with Crippen LogP contribution in [0.25, 0.3) is 0 Å². The second kappa shape index (κ2) is 6.40. The van der Waals surface area contributed by atoms with Crippen LogP contribution in [-0.4, -0.2) is 18.7 Å². The van der Waals surface area contributed by atoms with E-state index in [1.807, 2.05) is 38.1 Å². The van der Waals surface area contributed by atoms with Crippen molar-refractivity contribution in [1.82, 2.24) is 0 Å². The van der Waals surface area contributed by atoms with Crippen LogP contribution in [0.5, 0.6) is 0 Å². The summed E-state index contributed by atoms with van der Waals surface area (Å²) in [5, 5.41) is 0. The van der Waals surface area contributed by atoms with E-state index in [0.29, 0.717) is 6.61 Å². The molecule has 1 aromatic rings. The van der Waals surface area contributed by atoms with Crippen LogP contribution in [0.1, 0.15) is 38.0 Å². The van der Waals surface area contributed by atoms with Gasteiger partial charge in [0.05, 0.1) is 12.7 Å². The highest BCUT2D eigenvalue weighted by atomic mass is 16.6. The number of carbonyl (C=O) groups is 1. The molecule has 0 N–H and O–H groups in total. The molecule has 2 atom stereocenters. The molecule has 3 heteroatoms. The number of ether oxygens (including phenoxy) is 2. The molecule has 0 amide bonds. The van der Waals surface area contributed by atoms with Crippen molar-refractivity contribution in [2.24, 2.45) is 0 Å². The van der Waals surface area contributed by atoms with Gasteiger partial charge in [0, 0.05) is 0 Å². The second-order valence-corrected chi connectivity index (χ2v) is 4.08. The van der Waals surface area contributed by atoms with Gasteiger partial charge in [-0.05, 0) is 33.3 Å². The second-order valence-electron chi connectivity index (χ2n) is 4.08. The molecule has 0 aliphatic heterocycles. The third kappa shape index (κ3) is 4.19. The van der Waals surface area contributed by atoms with Gasteiger partial charge in [-0.15, -0.1) is 0 Å². The van der Waals surface area contributed by atoms with E-state index in [1.165, 1.54) is 5.56 Å². The van der Waals surface area contributed by atoms with Crippen LogP contribution in [0.4, 0.5) is 0 Å². The van der Waals surface area contributed by atoms with Gasteiger partial charge in [0.15, 0.2) is 6.10 Å². The van der Waals surface area contributed by atoms with Crippen molar-refractivity contribution in [3.8, 4) is 0 Å². The van der Waals surface area contributed by atoms with E-state index >= 15 is 0 Å². The zero-order chi connectivity index (χ0) is 12.8. The van der Waals surface area contributed by atoms with Crippen LogP contribution in [-0.2, 0) is 14.3 Å². The summed E-state index contributed by atoms with van der Waals surface area (Å²) < 4.78 is 10.5. The van der Waals surface area contributed by atoms with Crippen LogP contribution in [0, 0.1) is 6.92 Å². The molecular weight excluding hydrogens is 216 g/mol. The van der Waals surface area contributed by atoms with Gasteiger partial charge in [-0.1, -0.05) is 29.8 Å². The minimum absolute atomic E-state index is 0.116. The van der Waals surface area contributed by atoms with Crippen molar-refractivity contribution >= 4 is 5.97 Å². The lowest BCUT2D eigenvalue weighted by Crippen LogP contribution is -2.24. The van der Waals surface area contributed by atoms with E-state index in [0.717, 1.165) is 5.56 Å². The lowest BCUT2D eigenvalue weighted by molar-refractivity contribution is -0.158. The Balaban J connectivity index is 2.56. The fourth-order valence-electron chi connectivity index (χ4n) is 1.54. The molecule has 0 radical (unpaired) electrons. The molecule has 1 rings (SSSR count). The molecule has 0 unspecified atom stereocenters. The third-order valence-electron chi connectivity index (χ3n) is 2.57. The summed E-state index contributed by atoms with van der Waals surface area (Å²) in [6, 6.07) is 8.09. The van der Waals surface area contributed by atoms with E-state index in [4.69, 9.17) is 9.47 Å². The van der Waals surface area contributed by atoms with E-state index in [1.54, 1.807) is 13.8 Å². The first kappa shape index (κ1) is 13.7. The Hall–Kier alpha value is -1.35. The van der Waals surface area contributed by atoms with E-state index in [9.17, 15) is 4.79 Å². The summed E-state index contributed by atoms with van der Waals surface area (Å²) in [5.41, 5.74) is 2.27. The molecule has 0 fully saturated rings. The van der Waals surface area contributed by atoms with Crippen molar-refractivity contribution in [2.75, 3.05) is 6.61 Å². The Kier molecular flexibility index (Phi) is 5.16. The molecule has 1 aromatic carbocycles. The van der Waals surface area contributed by atoms with Gasteiger partial charge in [0.1, 0.15) is 0 Å². The van der Waals surface area contributed by atoms with Crippen molar-refractivity contribution in [2.45, 2.75) is 39.9 Å². The smallest absolute Gasteiger partial charge is 0.334 e. The maximum absolute atomic E-state index is 11.4. The zero-order valence-electron chi connectivity index (χ0n) is 10.9. The summed E-state index contributed by atoms with van der Waals surface area (Å²) >= 11 is 0. The fourth-order valence-corrected chi connectivity index (χ4v) is 1.54. The molecule has 0 aliphatic rings. The lowest BCUT2D eigenvalue weighted by atomic mass is 10.1. The predicted molar refractivity (Wildman–Crippen MR) is 66.8 cm³/mol. The van der Waals surface area contributed by atoms with Crippen molar-refractivity contribution in [1.29, 1.82) is 0 Å². The topological polar surface area (TPSA) is 35.5 Å². The summed E-state index contributed by atoms with van der Waals surface area (Å²) in [7, 11) is 0.